The van der Waals surface area contributed by atoms with E-state index in [1.54, 1.807) is 18.3 Å². The molecule has 2 rings (SSSR count). The molecule has 0 saturated carbocycles. The molecule has 0 aliphatic rings. The molecular formula is C12H13N3O3. The molecule has 0 bridgehead atoms. The zero-order chi connectivity index (χ0) is 13.1. The molecule has 1 unspecified atom stereocenters. The van der Waals surface area contributed by atoms with Crippen molar-refractivity contribution in [1.82, 2.24) is 10.3 Å². The Morgan fingerprint density at radius 2 is 2.06 bits per heavy atom. The number of oxazole rings is 1. The van der Waals surface area contributed by atoms with Crippen LogP contribution in [0.25, 0.3) is 11.3 Å². The predicted octanol–water partition coefficient (Wildman–Crippen LogP) is 2.53. The van der Waals surface area contributed by atoms with Gasteiger partial charge in [0.2, 0.25) is 5.89 Å². The second kappa shape index (κ2) is 4.97. The van der Waals surface area contributed by atoms with Crippen molar-refractivity contribution in [2.75, 3.05) is 7.05 Å². The Morgan fingerprint density at radius 3 is 2.61 bits per heavy atom. The molecule has 94 valence electrons. The number of nitro groups is 1. The Labute approximate surface area is 104 Å². The van der Waals surface area contributed by atoms with E-state index in [1.807, 2.05) is 14.0 Å². The average molecular weight is 247 g/mol. The second-order valence-electron chi connectivity index (χ2n) is 3.88. The number of aromatic nitrogens is 1. The summed E-state index contributed by atoms with van der Waals surface area (Å²) in [7, 11) is 1.82. The van der Waals surface area contributed by atoms with Crippen molar-refractivity contribution in [2.45, 2.75) is 13.0 Å². The zero-order valence-electron chi connectivity index (χ0n) is 10.1. The van der Waals surface area contributed by atoms with E-state index in [2.05, 4.69) is 10.3 Å². The molecule has 0 radical (unpaired) electrons. The van der Waals surface area contributed by atoms with Gasteiger partial charge in [-0.3, -0.25) is 10.1 Å². The van der Waals surface area contributed by atoms with Gasteiger partial charge in [0.1, 0.15) is 0 Å². The molecule has 1 N–H and O–H groups in total. The van der Waals surface area contributed by atoms with Crippen LogP contribution in [0.4, 0.5) is 5.69 Å². The van der Waals surface area contributed by atoms with E-state index in [0.717, 1.165) is 5.56 Å². The number of nitrogens with zero attached hydrogens (tertiary/aromatic N) is 2. The fourth-order valence-corrected chi connectivity index (χ4v) is 1.49. The molecule has 0 saturated heterocycles. The SMILES string of the molecule is CNC(C)c1ncc(-c2ccc([N+](=O)[O-])cc2)o1. The molecule has 6 nitrogen and oxygen atoms in total. The minimum absolute atomic E-state index is 0.0248. The molecule has 2 aromatic rings. The number of hydrogen-bond donors (Lipinski definition) is 1. The van der Waals surface area contributed by atoms with Crippen molar-refractivity contribution in [3.8, 4) is 11.3 Å². The summed E-state index contributed by atoms with van der Waals surface area (Å²) in [5.41, 5.74) is 0.824. The van der Waals surface area contributed by atoms with E-state index >= 15 is 0 Å². The highest BCUT2D eigenvalue weighted by molar-refractivity contribution is 5.58. The van der Waals surface area contributed by atoms with E-state index in [-0.39, 0.29) is 11.7 Å². The summed E-state index contributed by atoms with van der Waals surface area (Å²) in [5, 5.41) is 13.6. The van der Waals surface area contributed by atoms with Crippen LogP contribution in [0.5, 0.6) is 0 Å². The first-order chi connectivity index (χ1) is 8.61. The van der Waals surface area contributed by atoms with Crippen LogP contribution in [0.15, 0.2) is 34.9 Å². The topological polar surface area (TPSA) is 81.2 Å². The fourth-order valence-electron chi connectivity index (χ4n) is 1.49. The summed E-state index contributed by atoms with van der Waals surface area (Å²) in [6.45, 7) is 1.94. The van der Waals surface area contributed by atoms with Crippen molar-refractivity contribution >= 4 is 5.69 Å². The van der Waals surface area contributed by atoms with Crippen LogP contribution in [0.3, 0.4) is 0 Å². The molecule has 6 heteroatoms. The van der Waals surface area contributed by atoms with Crippen LogP contribution < -0.4 is 5.32 Å². The Morgan fingerprint density at radius 1 is 1.39 bits per heavy atom. The third-order valence-corrected chi connectivity index (χ3v) is 2.69. The molecule has 18 heavy (non-hydrogen) atoms. The van der Waals surface area contributed by atoms with E-state index in [9.17, 15) is 10.1 Å². The summed E-state index contributed by atoms with van der Waals surface area (Å²) in [4.78, 5) is 14.3. The highest BCUT2D eigenvalue weighted by Gasteiger charge is 2.12. The number of non-ortho nitro benzene ring substituents is 1. The first-order valence-corrected chi connectivity index (χ1v) is 5.49. The molecule has 1 aromatic heterocycles. The highest BCUT2D eigenvalue weighted by atomic mass is 16.6. The van der Waals surface area contributed by atoms with Gasteiger partial charge < -0.3 is 9.73 Å². The van der Waals surface area contributed by atoms with Crippen LogP contribution in [0.1, 0.15) is 18.9 Å². The smallest absolute Gasteiger partial charge is 0.269 e. The maximum atomic E-state index is 10.5. The van der Waals surface area contributed by atoms with Crippen LogP contribution in [-0.4, -0.2) is 17.0 Å². The van der Waals surface area contributed by atoms with Crippen LogP contribution in [0, 0.1) is 10.1 Å². The minimum atomic E-state index is -0.432. The van der Waals surface area contributed by atoms with Crippen molar-refractivity contribution < 1.29 is 9.34 Å². The first-order valence-electron chi connectivity index (χ1n) is 5.49. The van der Waals surface area contributed by atoms with Gasteiger partial charge in [-0.05, 0) is 26.1 Å². The molecule has 1 atom stereocenters. The van der Waals surface area contributed by atoms with Crippen molar-refractivity contribution in [1.29, 1.82) is 0 Å². The first kappa shape index (κ1) is 12.3. The van der Waals surface area contributed by atoms with E-state index in [4.69, 9.17) is 4.42 Å². The number of nitrogens with one attached hydrogen (secondary N) is 1. The summed E-state index contributed by atoms with van der Waals surface area (Å²) in [6.07, 6.45) is 1.62. The van der Waals surface area contributed by atoms with Crippen molar-refractivity contribution in [3.63, 3.8) is 0 Å². The minimum Gasteiger partial charge on any atom is -0.439 e. The Bertz CT molecular complexity index is 548. The van der Waals surface area contributed by atoms with Crippen LogP contribution >= 0.6 is 0 Å². The van der Waals surface area contributed by atoms with Gasteiger partial charge in [0, 0.05) is 17.7 Å². The van der Waals surface area contributed by atoms with Gasteiger partial charge in [-0.2, -0.15) is 0 Å². The molecule has 1 heterocycles. The van der Waals surface area contributed by atoms with Gasteiger partial charge in [0.05, 0.1) is 17.2 Å². The number of hydrogen-bond acceptors (Lipinski definition) is 5. The molecule has 0 aliphatic heterocycles. The second-order valence-corrected chi connectivity index (χ2v) is 3.88. The molecule has 0 fully saturated rings. The lowest BCUT2D eigenvalue weighted by atomic mass is 10.2. The molecule has 0 aliphatic carbocycles. The summed E-state index contributed by atoms with van der Waals surface area (Å²) in [5.74, 6) is 1.19. The number of benzene rings is 1. The standard InChI is InChI=1S/C12H13N3O3/c1-8(13-2)12-14-7-11(18-12)9-3-5-10(6-4-9)15(16)17/h3-8,13H,1-2H3. The zero-order valence-corrected chi connectivity index (χ0v) is 10.1. The lowest BCUT2D eigenvalue weighted by Gasteiger charge is -2.03. The number of rotatable bonds is 4. The van der Waals surface area contributed by atoms with Crippen molar-refractivity contribution in [2.24, 2.45) is 0 Å². The van der Waals surface area contributed by atoms with Crippen molar-refractivity contribution in [3.05, 3.63) is 46.5 Å². The van der Waals surface area contributed by atoms with Gasteiger partial charge in [-0.1, -0.05) is 0 Å². The summed E-state index contributed by atoms with van der Waals surface area (Å²) < 4.78 is 5.58. The Hall–Kier alpha value is -2.21. The third kappa shape index (κ3) is 2.38. The number of nitro benzene ring substituents is 1. The highest BCUT2D eigenvalue weighted by Crippen LogP contribution is 2.24. The monoisotopic (exact) mass is 247 g/mol. The Balaban J connectivity index is 2.26. The molecular weight excluding hydrogens is 234 g/mol. The van der Waals surface area contributed by atoms with Crippen LogP contribution in [0.2, 0.25) is 0 Å². The largest absolute Gasteiger partial charge is 0.439 e. The fraction of sp³-hybridized carbons (Fsp3) is 0.250. The lowest BCUT2D eigenvalue weighted by Crippen LogP contribution is -2.12. The van der Waals surface area contributed by atoms with E-state index < -0.39 is 4.92 Å². The normalized spacial score (nSPS) is 12.3. The van der Waals surface area contributed by atoms with Gasteiger partial charge in [0.25, 0.3) is 5.69 Å². The third-order valence-electron chi connectivity index (χ3n) is 2.69. The lowest BCUT2D eigenvalue weighted by molar-refractivity contribution is -0.384. The van der Waals surface area contributed by atoms with Crippen LogP contribution in [-0.2, 0) is 0 Å². The van der Waals surface area contributed by atoms with Gasteiger partial charge in [-0.25, -0.2) is 4.98 Å². The molecule has 1 aromatic carbocycles. The molecule has 0 spiro atoms. The quantitative estimate of drug-likeness (QED) is 0.663. The Kier molecular flexibility index (Phi) is 3.38. The van der Waals surface area contributed by atoms with E-state index in [1.165, 1.54) is 12.1 Å². The van der Waals surface area contributed by atoms with Gasteiger partial charge in [0.15, 0.2) is 5.76 Å². The van der Waals surface area contributed by atoms with E-state index in [0.29, 0.717) is 11.7 Å². The van der Waals surface area contributed by atoms with Gasteiger partial charge >= 0.3 is 0 Å². The average Bonchev–Trinajstić information content (AvgIpc) is 2.87. The predicted molar refractivity (Wildman–Crippen MR) is 66.1 cm³/mol. The summed E-state index contributed by atoms with van der Waals surface area (Å²) >= 11 is 0. The maximum absolute atomic E-state index is 10.5. The van der Waals surface area contributed by atoms with Gasteiger partial charge in [-0.15, -0.1) is 0 Å². The summed E-state index contributed by atoms with van der Waals surface area (Å²) in [6, 6.07) is 6.20. The maximum Gasteiger partial charge on any atom is 0.269 e. The molecule has 0 amide bonds.